The largest absolute Gasteiger partial charge is 0.467 e. The number of piperazine rings is 1. The standard InChI is InChI=1S/C16H17F2N3O3S2/c17-13-4-1-5-14(18)15(13)26(22,23)21-8-6-20(7-9-21)16(25)19-11-12-3-2-10-24-12/h1-5,10H,6-9,11H2,(H,19,25). The summed E-state index contributed by atoms with van der Waals surface area (Å²) in [7, 11) is -4.24. The average molecular weight is 401 g/mol. The number of sulfonamides is 1. The van der Waals surface area contributed by atoms with E-state index in [9.17, 15) is 17.2 Å². The Labute approximate surface area is 155 Å². The minimum absolute atomic E-state index is 0.0820. The van der Waals surface area contributed by atoms with Gasteiger partial charge in [0.1, 0.15) is 17.4 Å². The van der Waals surface area contributed by atoms with Crippen LogP contribution in [0.1, 0.15) is 5.76 Å². The monoisotopic (exact) mass is 401 g/mol. The molecule has 3 rings (SSSR count). The minimum Gasteiger partial charge on any atom is -0.467 e. The van der Waals surface area contributed by atoms with Crippen LogP contribution in [0.25, 0.3) is 0 Å². The highest BCUT2D eigenvalue weighted by molar-refractivity contribution is 7.89. The molecule has 0 radical (unpaired) electrons. The van der Waals surface area contributed by atoms with Crippen molar-refractivity contribution in [2.45, 2.75) is 11.4 Å². The Hall–Kier alpha value is -2.04. The summed E-state index contributed by atoms with van der Waals surface area (Å²) >= 11 is 5.30. The van der Waals surface area contributed by atoms with Gasteiger partial charge < -0.3 is 14.6 Å². The molecule has 0 aliphatic carbocycles. The Bertz CT molecular complexity index is 860. The quantitative estimate of drug-likeness (QED) is 0.790. The second-order valence-corrected chi connectivity index (χ2v) is 7.94. The number of benzene rings is 1. The second-order valence-electron chi connectivity index (χ2n) is 5.68. The molecule has 1 N–H and O–H groups in total. The molecule has 0 atom stereocenters. The smallest absolute Gasteiger partial charge is 0.249 e. The first-order valence-corrected chi connectivity index (χ1v) is 9.74. The third-order valence-corrected chi connectivity index (χ3v) is 6.39. The molecular formula is C16H17F2N3O3S2. The van der Waals surface area contributed by atoms with Gasteiger partial charge in [0.15, 0.2) is 10.0 Å². The molecule has 6 nitrogen and oxygen atoms in total. The lowest BCUT2D eigenvalue weighted by molar-refractivity contribution is 0.262. The van der Waals surface area contributed by atoms with Gasteiger partial charge in [0, 0.05) is 26.2 Å². The van der Waals surface area contributed by atoms with Crippen molar-refractivity contribution in [2.24, 2.45) is 0 Å². The third kappa shape index (κ3) is 3.87. The molecule has 0 bridgehead atoms. The van der Waals surface area contributed by atoms with E-state index in [1.807, 2.05) is 11.0 Å². The summed E-state index contributed by atoms with van der Waals surface area (Å²) in [5.74, 6) is -1.46. The fraction of sp³-hybridized carbons (Fsp3) is 0.312. The molecule has 1 aliphatic heterocycles. The Balaban J connectivity index is 1.62. The number of nitrogens with one attached hydrogen (secondary N) is 1. The van der Waals surface area contributed by atoms with Gasteiger partial charge in [-0.15, -0.1) is 0 Å². The molecule has 0 spiro atoms. The van der Waals surface area contributed by atoms with E-state index in [4.69, 9.17) is 16.6 Å². The van der Waals surface area contributed by atoms with E-state index in [1.54, 1.807) is 12.3 Å². The predicted octanol–water partition coefficient (Wildman–Crippen LogP) is 1.94. The first kappa shape index (κ1) is 18.7. The Morgan fingerprint density at radius 2 is 1.77 bits per heavy atom. The number of halogens is 2. The van der Waals surface area contributed by atoms with E-state index in [-0.39, 0.29) is 13.1 Å². The molecule has 1 aromatic heterocycles. The van der Waals surface area contributed by atoms with Crippen LogP contribution in [0.4, 0.5) is 8.78 Å². The van der Waals surface area contributed by atoms with Crippen LogP contribution in [-0.2, 0) is 16.6 Å². The highest BCUT2D eigenvalue weighted by Gasteiger charge is 2.33. The van der Waals surface area contributed by atoms with Crippen molar-refractivity contribution < 1.29 is 21.6 Å². The van der Waals surface area contributed by atoms with Crippen LogP contribution in [0, 0.1) is 11.6 Å². The molecule has 10 heteroatoms. The number of furan rings is 1. The Morgan fingerprint density at radius 1 is 1.12 bits per heavy atom. The summed E-state index contributed by atoms with van der Waals surface area (Å²) in [4.78, 5) is 0.897. The summed E-state index contributed by atoms with van der Waals surface area (Å²) in [5.41, 5.74) is 0. The summed E-state index contributed by atoms with van der Waals surface area (Å²) in [6.07, 6.45) is 1.56. The first-order chi connectivity index (χ1) is 12.4. The van der Waals surface area contributed by atoms with E-state index in [1.165, 1.54) is 0 Å². The Kier molecular flexibility index (Phi) is 5.54. The molecule has 140 valence electrons. The van der Waals surface area contributed by atoms with Crippen molar-refractivity contribution in [1.29, 1.82) is 0 Å². The Morgan fingerprint density at radius 3 is 2.35 bits per heavy atom. The predicted molar refractivity (Wildman–Crippen MR) is 94.8 cm³/mol. The van der Waals surface area contributed by atoms with Gasteiger partial charge in [0.05, 0.1) is 12.8 Å². The third-order valence-electron chi connectivity index (χ3n) is 4.04. The maximum Gasteiger partial charge on any atom is 0.249 e. The highest BCUT2D eigenvalue weighted by atomic mass is 32.2. The molecular weight excluding hydrogens is 384 g/mol. The lowest BCUT2D eigenvalue weighted by Gasteiger charge is -2.35. The molecule has 0 amide bonds. The number of hydrogen-bond donors (Lipinski definition) is 1. The molecule has 1 saturated heterocycles. The van der Waals surface area contributed by atoms with Gasteiger partial charge in [-0.1, -0.05) is 6.07 Å². The zero-order valence-corrected chi connectivity index (χ0v) is 15.3. The van der Waals surface area contributed by atoms with E-state index < -0.39 is 26.6 Å². The number of hydrogen-bond acceptors (Lipinski definition) is 4. The van der Waals surface area contributed by atoms with Crippen molar-refractivity contribution in [3.63, 3.8) is 0 Å². The maximum absolute atomic E-state index is 13.8. The average Bonchev–Trinajstić information content (AvgIpc) is 3.13. The molecule has 26 heavy (non-hydrogen) atoms. The van der Waals surface area contributed by atoms with Crippen LogP contribution < -0.4 is 5.32 Å². The fourth-order valence-corrected chi connectivity index (χ4v) is 4.46. The lowest BCUT2D eigenvalue weighted by Crippen LogP contribution is -2.53. The van der Waals surface area contributed by atoms with E-state index >= 15 is 0 Å². The van der Waals surface area contributed by atoms with Gasteiger partial charge in [-0.25, -0.2) is 17.2 Å². The number of nitrogens with zero attached hydrogens (tertiary/aromatic N) is 2. The zero-order chi connectivity index (χ0) is 18.7. The van der Waals surface area contributed by atoms with Crippen LogP contribution in [-0.4, -0.2) is 48.9 Å². The molecule has 1 fully saturated rings. The summed E-state index contributed by atoms with van der Waals surface area (Å²) < 4.78 is 59.1. The van der Waals surface area contributed by atoms with Crippen LogP contribution in [0.3, 0.4) is 0 Å². The highest BCUT2D eigenvalue weighted by Crippen LogP contribution is 2.23. The maximum atomic E-state index is 13.8. The number of rotatable bonds is 4. The van der Waals surface area contributed by atoms with E-state index in [0.29, 0.717) is 24.7 Å². The van der Waals surface area contributed by atoms with Crippen molar-refractivity contribution in [2.75, 3.05) is 26.2 Å². The van der Waals surface area contributed by atoms with E-state index in [0.717, 1.165) is 28.3 Å². The first-order valence-electron chi connectivity index (χ1n) is 7.89. The van der Waals surface area contributed by atoms with Gasteiger partial charge in [-0.05, 0) is 36.5 Å². The molecule has 2 heterocycles. The molecule has 2 aromatic rings. The fourth-order valence-electron chi connectivity index (χ4n) is 2.68. The summed E-state index contributed by atoms with van der Waals surface area (Å²) in [6, 6.07) is 6.57. The van der Waals surface area contributed by atoms with Crippen molar-refractivity contribution in [3.05, 3.63) is 54.0 Å². The van der Waals surface area contributed by atoms with Crippen LogP contribution in [0.15, 0.2) is 45.9 Å². The zero-order valence-electron chi connectivity index (χ0n) is 13.7. The van der Waals surface area contributed by atoms with Crippen molar-refractivity contribution in [3.8, 4) is 0 Å². The summed E-state index contributed by atoms with van der Waals surface area (Å²) in [6.45, 7) is 1.22. The van der Waals surface area contributed by atoms with Crippen LogP contribution >= 0.6 is 12.2 Å². The molecule has 1 aromatic carbocycles. The second kappa shape index (κ2) is 7.68. The molecule has 1 aliphatic rings. The normalized spacial score (nSPS) is 15.8. The van der Waals surface area contributed by atoms with E-state index in [2.05, 4.69) is 5.32 Å². The minimum atomic E-state index is -4.24. The van der Waals surface area contributed by atoms with Crippen molar-refractivity contribution >= 4 is 27.4 Å². The van der Waals surface area contributed by atoms with Gasteiger partial charge in [-0.2, -0.15) is 4.31 Å². The van der Waals surface area contributed by atoms with Crippen molar-refractivity contribution in [1.82, 2.24) is 14.5 Å². The van der Waals surface area contributed by atoms with Crippen LogP contribution in [0.5, 0.6) is 0 Å². The summed E-state index contributed by atoms with van der Waals surface area (Å²) in [5, 5.41) is 3.50. The van der Waals surface area contributed by atoms with Gasteiger partial charge in [-0.3, -0.25) is 0 Å². The molecule has 0 unspecified atom stereocenters. The lowest BCUT2D eigenvalue weighted by atomic mass is 10.3. The SMILES string of the molecule is O=S(=O)(c1c(F)cccc1F)N1CCN(C(=S)NCc2ccco2)CC1. The van der Waals surface area contributed by atoms with Gasteiger partial charge in [0.2, 0.25) is 10.0 Å². The van der Waals surface area contributed by atoms with Crippen LogP contribution in [0.2, 0.25) is 0 Å². The topological polar surface area (TPSA) is 65.8 Å². The van der Waals surface area contributed by atoms with Gasteiger partial charge in [0.25, 0.3) is 0 Å². The number of thiocarbonyl (C=S) groups is 1. The van der Waals surface area contributed by atoms with Gasteiger partial charge >= 0.3 is 0 Å². The molecule has 0 saturated carbocycles.